The fourth-order valence-electron chi connectivity index (χ4n) is 2.79. The number of hydrogen-bond acceptors (Lipinski definition) is 5. The number of hydrogen-bond donors (Lipinski definition) is 2. The number of rotatable bonds is 6. The highest BCUT2D eigenvalue weighted by atomic mass is 16.5. The molecule has 0 unspecified atom stereocenters. The summed E-state index contributed by atoms with van der Waals surface area (Å²) in [5, 5.41) is 9.98. The monoisotopic (exact) mass is 335 g/mol. The summed E-state index contributed by atoms with van der Waals surface area (Å²) in [6.45, 7) is 11.7. The first-order chi connectivity index (χ1) is 10.7. The number of ether oxygens (including phenoxy) is 1. The van der Waals surface area contributed by atoms with Gasteiger partial charge in [-0.3, -0.25) is 4.79 Å². The number of esters is 1. The molecule has 0 amide bonds. The largest absolute Gasteiger partial charge is 0.461 e. The number of benzene rings is 1. The molecule has 0 bridgehead atoms. The molecule has 0 fully saturated rings. The van der Waals surface area contributed by atoms with Gasteiger partial charge in [-0.15, -0.1) is 0 Å². The summed E-state index contributed by atoms with van der Waals surface area (Å²) in [7, 11) is 0. The predicted octanol–water partition coefficient (Wildman–Crippen LogP) is 2.46. The molecule has 1 aromatic carbocycles. The van der Waals surface area contributed by atoms with Crippen LogP contribution in [0, 0.1) is 26.7 Å². The van der Waals surface area contributed by atoms with E-state index in [2.05, 4.69) is 0 Å². The molecule has 5 heteroatoms. The lowest BCUT2D eigenvalue weighted by molar-refractivity contribution is -0.141. The second-order valence-electron chi connectivity index (χ2n) is 7.67. The third kappa shape index (κ3) is 4.89. The minimum absolute atomic E-state index is 0.169. The SMILES string of the molecule is Cc1cc(C)c(C(=O)OC[C@@H](C(=O)C(C)(C)O)C(C)(C)N)c(C)c1. The third-order valence-electron chi connectivity index (χ3n) is 4.08. The van der Waals surface area contributed by atoms with Crippen LogP contribution in [-0.4, -0.2) is 34.6 Å². The van der Waals surface area contributed by atoms with Crippen molar-refractivity contribution in [2.75, 3.05) is 6.61 Å². The van der Waals surface area contributed by atoms with E-state index in [9.17, 15) is 14.7 Å². The number of carbonyl (C=O) groups is 2. The van der Waals surface area contributed by atoms with Gasteiger partial charge in [0, 0.05) is 5.54 Å². The standard InChI is InChI=1S/C19H29NO4/c1-11-8-12(2)15(13(3)9-11)17(22)24-10-14(18(4,5)20)16(21)19(6,7)23/h8-9,14,23H,10,20H2,1-7H3/t14-/m0/s1. The lowest BCUT2D eigenvalue weighted by atomic mass is 9.80. The fraction of sp³-hybridized carbons (Fsp3) is 0.579. The highest BCUT2D eigenvalue weighted by Gasteiger charge is 2.40. The van der Waals surface area contributed by atoms with Gasteiger partial charge in [-0.2, -0.15) is 0 Å². The zero-order valence-electron chi connectivity index (χ0n) is 15.7. The van der Waals surface area contributed by atoms with Crippen LogP contribution in [0.15, 0.2) is 12.1 Å². The fourth-order valence-corrected chi connectivity index (χ4v) is 2.79. The van der Waals surface area contributed by atoms with Crippen LogP contribution in [-0.2, 0) is 9.53 Å². The van der Waals surface area contributed by atoms with Crippen molar-refractivity contribution in [1.29, 1.82) is 0 Å². The van der Waals surface area contributed by atoms with Crippen LogP contribution >= 0.6 is 0 Å². The molecule has 5 nitrogen and oxygen atoms in total. The lowest BCUT2D eigenvalue weighted by Gasteiger charge is -2.32. The zero-order chi connectivity index (χ0) is 18.9. The summed E-state index contributed by atoms with van der Waals surface area (Å²) < 4.78 is 5.38. The second-order valence-corrected chi connectivity index (χ2v) is 7.67. The number of nitrogens with two attached hydrogens (primary N) is 1. The third-order valence-corrected chi connectivity index (χ3v) is 4.08. The van der Waals surface area contributed by atoms with Gasteiger partial charge in [-0.05, 0) is 59.6 Å². The van der Waals surface area contributed by atoms with E-state index in [1.165, 1.54) is 13.8 Å². The Bertz CT molecular complexity index is 613. The van der Waals surface area contributed by atoms with Gasteiger partial charge >= 0.3 is 5.97 Å². The molecule has 1 rings (SSSR count). The van der Waals surface area contributed by atoms with Crippen LogP contribution in [0.2, 0.25) is 0 Å². The van der Waals surface area contributed by atoms with Gasteiger partial charge in [0.05, 0.1) is 11.5 Å². The van der Waals surface area contributed by atoms with E-state index in [0.717, 1.165) is 16.7 Å². The quantitative estimate of drug-likeness (QED) is 0.780. The Morgan fingerprint density at radius 3 is 1.96 bits per heavy atom. The van der Waals surface area contributed by atoms with Gasteiger partial charge in [0.25, 0.3) is 0 Å². The summed E-state index contributed by atoms with van der Waals surface area (Å²) in [5.74, 6) is -1.73. The molecule has 0 aliphatic rings. The lowest BCUT2D eigenvalue weighted by Crippen LogP contribution is -2.53. The van der Waals surface area contributed by atoms with E-state index in [-0.39, 0.29) is 6.61 Å². The molecule has 0 saturated carbocycles. The Balaban J connectivity index is 3.00. The zero-order valence-corrected chi connectivity index (χ0v) is 15.7. The summed E-state index contributed by atoms with van der Waals surface area (Å²) in [6, 6.07) is 3.83. The molecule has 0 saturated heterocycles. The molecular formula is C19H29NO4. The number of ketones is 1. The van der Waals surface area contributed by atoms with Crippen molar-refractivity contribution < 1.29 is 19.4 Å². The van der Waals surface area contributed by atoms with Crippen LogP contribution in [0.3, 0.4) is 0 Å². The number of aliphatic hydroxyl groups is 1. The van der Waals surface area contributed by atoms with E-state index in [0.29, 0.717) is 5.56 Å². The number of carbonyl (C=O) groups excluding carboxylic acids is 2. The average Bonchev–Trinajstić information content (AvgIpc) is 2.34. The minimum Gasteiger partial charge on any atom is -0.461 e. The first kappa shape index (κ1) is 20.3. The number of aryl methyl sites for hydroxylation is 3. The molecular weight excluding hydrogens is 306 g/mol. The highest BCUT2D eigenvalue weighted by molar-refractivity contribution is 5.93. The van der Waals surface area contributed by atoms with Gasteiger partial charge in [0.2, 0.25) is 0 Å². The molecule has 0 aromatic heterocycles. The summed E-state index contributed by atoms with van der Waals surface area (Å²) in [6.07, 6.45) is 0. The van der Waals surface area contributed by atoms with Gasteiger partial charge in [0.1, 0.15) is 12.2 Å². The average molecular weight is 335 g/mol. The molecule has 1 atom stereocenters. The van der Waals surface area contributed by atoms with Crippen LogP contribution in [0.1, 0.15) is 54.7 Å². The summed E-state index contributed by atoms with van der Waals surface area (Å²) in [4.78, 5) is 24.9. The summed E-state index contributed by atoms with van der Waals surface area (Å²) >= 11 is 0. The smallest absolute Gasteiger partial charge is 0.338 e. The minimum atomic E-state index is -1.54. The van der Waals surface area contributed by atoms with Crippen molar-refractivity contribution in [3.05, 3.63) is 34.4 Å². The first-order valence-electron chi connectivity index (χ1n) is 8.05. The van der Waals surface area contributed by atoms with E-state index < -0.39 is 28.8 Å². The van der Waals surface area contributed by atoms with Crippen LogP contribution in [0.5, 0.6) is 0 Å². The Labute approximate surface area is 144 Å². The van der Waals surface area contributed by atoms with Gasteiger partial charge in [-0.1, -0.05) is 17.7 Å². The van der Waals surface area contributed by atoms with Crippen LogP contribution in [0.4, 0.5) is 0 Å². The molecule has 0 aliphatic carbocycles. The molecule has 3 N–H and O–H groups in total. The van der Waals surface area contributed by atoms with E-state index >= 15 is 0 Å². The normalized spacial score (nSPS) is 13.5. The molecule has 0 radical (unpaired) electrons. The van der Waals surface area contributed by atoms with E-state index in [1.807, 2.05) is 32.9 Å². The maximum atomic E-state index is 12.5. The summed E-state index contributed by atoms with van der Waals surface area (Å²) in [5.41, 5.74) is 6.83. The molecule has 0 heterocycles. The van der Waals surface area contributed by atoms with Crippen molar-refractivity contribution in [2.45, 2.75) is 59.6 Å². The molecule has 24 heavy (non-hydrogen) atoms. The number of Topliss-reactive ketones (excluding diaryl/α,β-unsaturated/α-hetero) is 1. The molecule has 0 spiro atoms. The van der Waals surface area contributed by atoms with Crippen LogP contribution < -0.4 is 5.73 Å². The second kappa shape index (κ2) is 7.03. The van der Waals surface area contributed by atoms with Crippen molar-refractivity contribution in [3.8, 4) is 0 Å². The molecule has 0 aliphatic heterocycles. The first-order valence-corrected chi connectivity index (χ1v) is 8.05. The van der Waals surface area contributed by atoms with Crippen molar-refractivity contribution >= 4 is 11.8 Å². The van der Waals surface area contributed by atoms with Crippen molar-refractivity contribution in [1.82, 2.24) is 0 Å². The predicted molar refractivity (Wildman–Crippen MR) is 94.0 cm³/mol. The van der Waals surface area contributed by atoms with Gasteiger partial charge < -0.3 is 15.6 Å². The van der Waals surface area contributed by atoms with E-state index in [1.54, 1.807) is 13.8 Å². The Kier molecular flexibility index (Phi) is 5.95. The highest BCUT2D eigenvalue weighted by Crippen LogP contribution is 2.23. The Hall–Kier alpha value is -1.72. The van der Waals surface area contributed by atoms with Crippen molar-refractivity contribution in [2.24, 2.45) is 11.7 Å². The van der Waals surface area contributed by atoms with Gasteiger partial charge in [0.15, 0.2) is 5.78 Å². The van der Waals surface area contributed by atoms with E-state index in [4.69, 9.17) is 10.5 Å². The molecule has 134 valence electrons. The Morgan fingerprint density at radius 2 is 1.58 bits per heavy atom. The topological polar surface area (TPSA) is 89.6 Å². The van der Waals surface area contributed by atoms with Crippen molar-refractivity contribution in [3.63, 3.8) is 0 Å². The van der Waals surface area contributed by atoms with Gasteiger partial charge in [-0.25, -0.2) is 4.79 Å². The Morgan fingerprint density at radius 1 is 1.12 bits per heavy atom. The maximum Gasteiger partial charge on any atom is 0.338 e. The molecule has 1 aromatic rings. The van der Waals surface area contributed by atoms with Crippen LogP contribution in [0.25, 0.3) is 0 Å². The maximum absolute atomic E-state index is 12.5.